The van der Waals surface area contributed by atoms with Crippen LogP contribution in [0.5, 0.6) is 0 Å². The Kier molecular flexibility index (Phi) is 10.1. The van der Waals surface area contributed by atoms with E-state index in [0.717, 1.165) is 11.3 Å². The van der Waals surface area contributed by atoms with Crippen LogP contribution in [0, 0.1) is 6.08 Å². The molecule has 14 heavy (non-hydrogen) atoms. The standard InChI is InChI=1S/C9H11N2.C2H6.W/c1-4-6-8-7-11(3)10-9(8)5-2;1-2;/h5-7H,2H2,1,3H3;1-2H3;/q-1;;. The summed E-state index contributed by atoms with van der Waals surface area (Å²) < 4.78 is 1.76. The summed E-state index contributed by atoms with van der Waals surface area (Å²) in [5.74, 6) is 0. The fraction of sp³-hybridized carbons (Fsp3) is 0.364. The van der Waals surface area contributed by atoms with E-state index in [4.69, 9.17) is 0 Å². The van der Waals surface area contributed by atoms with Gasteiger partial charge >= 0.3 is 0 Å². The third-order valence-corrected chi connectivity index (χ3v) is 1.38. The molecule has 0 fully saturated rings. The molecule has 1 rings (SSSR count). The van der Waals surface area contributed by atoms with Gasteiger partial charge in [0.1, 0.15) is 0 Å². The fourth-order valence-electron chi connectivity index (χ4n) is 0.949. The van der Waals surface area contributed by atoms with E-state index in [1.165, 1.54) is 0 Å². The van der Waals surface area contributed by atoms with Crippen LogP contribution in [0.2, 0.25) is 0 Å². The molecule has 0 saturated heterocycles. The Hall–Kier alpha value is -0.622. The molecule has 0 amide bonds. The predicted octanol–water partition coefficient (Wildman–Crippen LogP) is 2.92. The third kappa shape index (κ3) is 4.57. The summed E-state index contributed by atoms with van der Waals surface area (Å²) in [6.45, 7) is 9.52. The smallest absolute Gasteiger partial charge is 0.0278 e. The van der Waals surface area contributed by atoms with E-state index in [1.54, 1.807) is 10.8 Å². The van der Waals surface area contributed by atoms with E-state index >= 15 is 0 Å². The Bertz CT molecular complexity index is 287. The number of nitrogens with zero attached hydrogens (tertiary/aromatic N) is 2. The second-order valence-electron chi connectivity index (χ2n) is 2.28. The van der Waals surface area contributed by atoms with Crippen molar-refractivity contribution in [3.63, 3.8) is 0 Å². The molecule has 78 valence electrons. The normalized spacial score (nSPS) is 8.86. The fourth-order valence-corrected chi connectivity index (χ4v) is 0.949. The van der Waals surface area contributed by atoms with Crippen LogP contribution in [-0.4, -0.2) is 9.78 Å². The molecule has 0 atom stereocenters. The molecular weight excluding hydrogens is 344 g/mol. The van der Waals surface area contributed by atoms with E-state index < -0.39 is 0 Å². The zero-order chi connectivity index (χ0) is 10.3. The van der Waals surface area contributed by atoms with Crippen molar-refractivity contribution in [2.45, 2.75) is 20.8 Å². The summed E-state index contributed by atoms with van der Waals surface area (Å²) in [7, 11) is 1.89. The number of hydrogen-bond donors (Lipinski definition) is 0. The molecular formula is C11H17N2W-. The number of hydrogen-bond acceptors (Lipinski definition) is 1. The molecule has 1 aromatic heterocycles. The maximum Gasteiger partial charge on any atom is 0.0278 e. The first-order chi connectivity index (χ1) is 6.27. The van der Waals surface area contributed by atoms with E-state index in [2.05, 4.69) is 17.8 Å². The quantitative estimate of drug-likeness (QED) is 0.741. The average molecular weight is 361 g/mol. The minimum Gasteiger partial charge on any atom is -0.294 e. The maximum atomic E-state index is 4.18. The molecule has 0 aromatic carbocycles. The SMILES string of the molecule is C=Cc1nn(C)cc1C=[C-]C.CC.[W]. The first-order valence-electron chi connectivity index (χ1n) is 4.44. The Morgan fingerprint density at radius 3 is 2.50 bits per heavy atom. The molecule has 0 spiro atoms. The largest absolute Gasteiger partial charge is 0.294 e. The van der Waals surface area contributed by atoms with Crippen molar-refractivity contribution in [3.05, 3.63) is 30.1 Å². The Balaban J connectivity index is 0. The summed E-state index contributed by atoms with van der Waals surface area (Å²) in [6, 6.07) is 0. The molecule has 0 unspecified atom stereocenters. The zero-order valence-corrected chi connectivity index (χ0v) is 12.2. The van der Waals surface area contributed by atoms with Crippen LogP contribution in [0.15, 0.2) is 12.8 Å². The maximum absolute atomic E-state index is 4.18. The molecule has 0 bridgehead atoms. The predicted molar refractivity (Wildman–Crippen MR) is 58.0 cm³/mol. The molecule has 0 aliphatic carbocycles. The van der Waals surface area contributed by atoms with Gasteiger partial charge in [0.25, 0.3) is 0 Å². The molecule has 0 radical (unpaired) electrons. The second kappa shape index (κ2) is 8.95. The minimum atomic E-state index is 0. The molecule has 3 heteroatoms. The second-order valence-corrected chi connectivity index (χ2v) is 2.28. The van der Waals surface area contributed by atoms with Crippen molar-refractivity contribution in [2.24, 2.45) is 7.05 Å². The van der Waals surface area contributed by atoms with Gasteiger partial charge in [-0.2, -0.15) is 5.10 Å². The van der Waals surface area contributed by atoms with Gasteiger partial charge in [-0.25, -0.2) is 6.08 Å². The van der Waals surface area contributed by atoms with Crippen molar-refractivity contribution in [3.8, 4) is 0 Å². The summed E-state index contributed by atoms with van der Waals surface area (Å²) >= 11 is 0. The van der Waals surface area contributed by atoms with Crippen molar-refractivity contribution >= 4 is 12.2 Å². The van der Waals surface area contributed by atoms with Gasteiger partial charge in [-0.15, -0.1) is 12.5 Å². The van der Waals surface area contributed by atoms with Gasteiger partial charge < -0.3 is 0 Å². The summed E-state index contributed by atoms with van der Waals surface area (Å²) in [4.78, 5) is 0. The zero-order valence-electron chi connectivity index (χ0n) is 9.24. The molecule has 0 aliphatic rings. The van der Waals surface area contributed by atoms with Crippen LogP contribution in [0.4, 0.5) is 0 Å². The first kappa shape index (κ1) is 15.8. The Morgan fingerprint density at radius 1 is 1.50 bits per heavy atom. The van der Waals surface area contributed by atoms with Gasteiger partial charge in [0.05, 0.1) is 0 Å². The van der Waals surface area contributed by atoms with E-state index in [1.807, 2.05) is 40.1 Å². The molecule has 2 nitrogen and oxygen atoms in total. The molecule has 0 saturated carbocycles. The summed E-state index contributed by atoms with van der Waals surface area (Å²) in [5, 5.41) is 4.18. The van der Waals surface area contributed by atoms with E-state index in [-0.39, 0.29) is 21.1 Å². The minimum absolute atomic E-state index is 0. The van der Waals surface area contributed by atoms with Crippen LogP contribution in [0.25, 0.3) is 12.2 Å². The topological polar surface area (TPSA) is 17.8 Å². The van der Waals surface area contributed by atoms with Gasteiger partial charge in [-0.05, 0) is 6.20 Å². The van der Waals surface area contributed by atoms with Gasteiger partial charge in [-0.3, -0.25) is 10.8 Å². The number of allylic oxidation sites excluding steroid dienone is 1. The van der Waals surface area contributed by atoms with Crippen LogP contribution in [0.3, 0.4) is 0 Å². The van der Waals surface area contributed by atoms with Gasteiger partial charge in [0.2, 0.25) is 0 Å². The monoisotopic (exact) mass is 361 g/mol. The average Bonchev–Trinajstić information content (AvgIpc) is 2.50. The molecule has 0 N–H and O–H groups in total. The first-order valence-corrected chi connectivity index (χ1v) is 4.44. The van der Waals surface area contributed by atoms with Crippen molar-refractivity contribution in [1.29, 1.82) is 0 Å². The van der Waals surface area contributed by atoms with Gasteiger partial charge in [-0.1, -0.05) is 26.5 Å². The molecule has 0 aliphatic heterocycles. The van der Waals surface area contributed by atoms with Gasteiger partial charge in [0.15, 0.2) is 0 Å². The Morgan fingerprint density at radius 2 is 2.07 bits per heavy atom. The number of rotatable bonds is 2. The third-order valence-electron chi connectivity index (χ3n) is 1.38. The summed E-state index contributed by atoms with van der Waals surface area (Å²) in [6.07, 6.45) is 8.52. The number of aryl methyl sites for hydroxylation is 1. The van der Waals surface area contributed by atoms with Gasteiger partial charge in [0, 0.05) is 33.8 Å². The van der Waals surface area contributed by atoms with Crippen LogP contribution in [-0.2, 0) is 28.1 Å². The molecule has 1 aromatic rings. The van der Waals surface area contributed by atoms with Crippen LogP contribution >= 0.6 is 0 Å². The van der Waals surface area contributed by atoms with E-state index in [9.17, 15) is 0 Å². The Labute approximate surface area is 101 Å². The van der Waals surface area contributed by atoms with Crippen LogP contribution in [0.1, 0.15) is 32.0 Å². The van der Waals surface area contributed by atoms with Crippen molar-refractivity contribution in [1.82, 2.24) is 9.78 Å². The van der Waals surface area contributed by atoms with E-state index in [0.29, 0.717) is 0 Å². The van der Waals surface area contributed by atoms with Crippen LogP contribution < -0.4 is 0 Å². The molecule has 1 heterocycles. The van der Waals surface area contributed by atoms with Crippen molar-refractivity contribution < 1.29 is 21.1 Å². The van der Waals surface area contributed by atoms with Crippen molar-refractivity contribution in [2.75, 3.05) is 0 Å². The summed E-state index contributed by atoms with van der Waals surface area (Å²) in [5.41, 5.74) is 1.96. The number of aromatic nitrogens is 2.